The van der Waals surface area contributed by atoms with Crippen LogP contribution >= 0.6 is 0 Å². The van der Waals surface area contributed by atoms with E-state index in [0.29, 0.717) is 32.5 Å². The molecular formula is C10H20N2O3S. The fourth-order valence-electron chi connectivity index (χ4n) is 1.78. The lowest BCUT2D eigenvalue weighted by Gasteiger charge is -2.14. The molecule has 0 radical (unpaired) electrons. The highest BCUT2D eigenvalue weighted by Crippen LogP contribution is 2.09. The van der Waals surface area contributed by atoms with E-state index >= 15 is 0 Å². The number of rotatable bonds is 6. The van der Waals surface area contributed by atoms with Crippen LogP contribution in [-0.4, -0.2) is 50.4 Å². The summed E-state index contributed by atoms with van der Waals surface area (Å²) in [5, 5.41) is 0. The number of carbonyl (C=O) groups excluding carboxylic acids is 1. The molecule has 0 aromatic carbocycles. The minimum atomic E-state index is -3.24. The zero-order valence-corrected chi connectivity index (χ0v) is 10.3. The summed E-state index contributed by atoms with van der Waals surface area (Å²) in [7, 11) is -3.24. The number of amides is 1. The monoisotopic (exact) mass is 248 g/mol. The summed E-state index contributed by atoms with van der Waals surface area (Å²) in [4.78, 5) is 13.3. The third-order valence-corrected chi connectivity index (χ3v) is 4.31. The Morgan fingerprint density at radius 2 is 1.81 bits per heavy atom. The summed E-state index contributed by atoms with van der Waals surface area (Å²) in [5.74, 6) is -0.508. The van der Waals surface area contributed by atoms with E-state index in [1.54, 1.807) is 4.90 Å². The molecule has 16 heavy (non-hydrogen) atoms. The zero-order chi connectivity index (χ0) is 12.0. The van der Waals surface area contributed by atoms with Gasteiger partial charge in [0.2, 0.25) is 5.91 Å². The van der Waals surface area contributed by atoms with Gasteiger partial charge in [0.25, 0.3) is 0 Å². The van der Waals surface area contributed by atoms with Crippen LogP contribution in [0.5, 0.6) is 0 Å². The fraction of sp³-hybridized carbons (Fsp3) is 0.900. The first-order valence-electron chi connectivity index (χ1n) is 5.73. The molecule has 0 aliphatic carbocycles. The maximum Gasteiger partial charge on any atom is 0.237 e. The maximum absolute atomic E-state index is 11.6. The van der Waals surface area contributed by atoms with E-state index < -0.39 is 9.84 Å². The number of unbranched alkanes of at least 4 members (excludes halogenated alkanes) is 1. The summed E-state index contributed by atoms with van der Waals surface area (Å²) in [6.07, 6.45) is 3.21. The van der Waals surface area contributed by atoms with Crippen LogP contribution in [0.1, 0.15) is 25.7 Å². The number of nitrogens with zero attached hydrogens (tertiary/aromatic N) is 1. The summed E-state index contributed by atoms with van der Waals surface area (Å²) in [5.41, 5.74) is 5.29. The molecule has 2 N–H and O–H groups in total. The fourth-order valence-corrected chi connectivity index (χ4v) is 3.13. The van der Waals surface area contributed by atoms with E-state index in [-0.39, 0.29) is 17.4 Å². The standard InChI is InChI=1S/C10H20N2O3S/c11-5-1-4-8-16(14,15)9-10(13)12-6-2-3-7-12/h1-9,11H2. The number of nitrogens with two attached hydrogens (primary N) is 1. The van der Waals surface area contributed by atoms with E-state index in [4.69, 9.17) is 5.73 Å². The van der Waals surface area contributed by atoms with Crippen molar-refractivity contribution in [3.63, 3.8) is 0 Å². The molecule has 1 saturated heterocycles. The van der Waals surface area contributed by atoms with Gasteiger partial charge in [-0.05, 0) is 32.2 Å². The van der Waals surface area contributed by atoms with Crippen LogP contribution in [-0.2, 0) is 14.6 Å². The Morgan fingerprint density at radius 1 is 1.19 bits per heavy atom. The van der Waals surface area contributed by atoms with Gasteiger partial charge in [-0.3, -0.25) is 4.79 Å². The van der Waals surface area contributed by atoms with Crippen molar-refractivity contribution in [1.29, 1.82) is 0 Å². The van der Waals surface area contributed by atoms with Crippen LogP contribution in [0.25, 0.3) is 0 Å². The number of likely N-dealkylation sites (tertiary alicyclic amines) is 1. The molecule has 94 valence electrons. The highest BCUT2D eigenvalue weighted by Gasteiger charge is 2.23. The molecule has 5 nitrogen and oxygen atoms in total. The molecule has 0 atom stereocenters. The number of hydrogen-bond donors (Lipinski definition) is 1. The lowest BCUT2D eigenvalue weighted by atomic mass is 10.3. The molecular weight excluding hydrogens is 228 g/mol. The molecule has 1 heterocycles. The van der Waals surface area contributed by atoms with E-state index in [9.17, 15) is 13.2 Å². The van der Waals surface area contributed by atoms with Gasteiger partial charge in [0.05, 0.1) is 5.75 Å². The first kappa shape index (κ1) is 13.4. The molecule has 1 fully saturated rings. The van der Waals surface area contributed by atoms with E-state index in [1.807, 2.05) is 0 Å². The smallest absolute Gasteiger partial charge is 0.237 e. The summed E-state index contributed by atoms with van der Waals surface area (Å²) in [6, 6.07) is 0. The van der Waals surface area contributed by atoms with Crippen molar-refractivity contribution in [2.24, 2.45) is 5.73 Å². The summed E-state index contributed by atoms with van der Waals surface area (Å²) in [6.45, 7) is 1.91. The third-order valence-electron chi connectivity index (χ3n) is 2.71. The molecule has 1 rings (SSSR count). The third kappa shape index (κ3) is 4.49. The molecule has 0 saturated carbocycles. The van der Waals surface area contributed by atoms with Crippen molar-refractivity contribution in [1.82, 2.24) is 4.90 Å². The largest absolute Gasteiger partial charge is 0.342 e. The second-order valence-corrected chi connectivity index (χ2v) is 6.36. The predicted molar refractivity (Wildman–Crippen MR) is 62.8 cm³/mol. The SMILES string of the molecule is NCCCCS(=O)(=O)CC(=O)N1CCCC1. The Bertz CT molecular complexity index is 321. The normalized spacial score (nSPS) is 16.7. The van der Waals surface area contributed by atoms with Crippen molar-refractivity contribution < 1.29 is 13.2 Å². The average Bonchev–Trinajstić information content (AvgIpc) is 2.69. The minimum Gasteiger partial charge on any atom is -0.342 e. The van der Waals surface area contributed by atoms with Crippen LogP contribution in [0.2, 0.25) is 0 Å². The molecule has 0 aromatic rings. The zero-order valence-electron chi connectivity index (χ0n) is 9.52. The minimum absolute atomic E-state index is 0.0732. The molecule has 0 unspecified atom stereocenters. The van der Waals surface area contributed by atoms with Crippen molar-refractivity contribution in [2.45, 2.75) is 25.7 Å². The van der Waals surface area contributed by atoms with Crippen molar-refractivity contribution in [3.8, 4) is 0 Å². The van der Waals surface area contributed by atoms with Crippen molar-refractivity contribution in [3.05, 3.63) is 0 Å². The molecule has 0 aromatic heterocycles. The van der Waals surface area contributed by atoms with Gasteiger partial charge < -0.3 is 10.6 Å². The van der Waals surface area contributed by atoms with Crippen LogP contribution in [0.3, 0.4) is 0 Å². The quantitative estimate of drug-likeness (QED) is 0.658. The number of sulfone groups is 1. The Kier molecular flexibility index (Phi) is 5.21. The van der Waals surface area contributed by atoms with Crippen LogP contribution < -0.4 is 5.73 Å². The van der Waals surface area contributed by atoms with Gasteiger partial charge in [-0.15, -0.1) is 0 Å². The lowest BCUT2D eigenvalue weighted by Crippen LogP contribution is -2.34. The second-order valence-electron chi connectivity index (χ2n) is 4.18. The molecule has 0 bridgehead atoms. The molecule has 1 amide bonds. The number of carbonyl (C=O) groups is 1. The molecule has 6 heteroatoms. The van der Waals surface area contributed by atoms with Gasteiger partial charge in [-0.25, -0.2) is 8.42 Å². The van der Waals surface area contributed by atoms with Gasteiger partial charge >= 0.3 is 0 Å². The van der Waals surface area contributed by atoms with Crippen LogP contribution in [0, 0.1) is 0 Å². The lowest BCUT2D eigenvalue weighted by molar-refractivity contribution is -0.127. The van der Waals surface area contributed by atoms with Gasteiger partial charge in [0, 0.05) is 13.1 Å². The van der Waals surface area contributed by atoms with Crippen LogP contribution in [0.4, 0.5) is 0 Å². The van der Waals surface area contributed by atoms with Crippen LogP contribution in [0.15, 0.2) is 0 Å². The highest BCUT2D eigenvalue weighted by molar-refractivity contribution is 7.92. The predicted octanol–water partition coefficient (Wildman–Crippen LogP) is -0.237. The molecule has 1 aliphatic heterocycles. The second kappa shape index (κ2) is 6.20. The van der Waals surface area contributed by atoms with Crippen molar-refractivity contribution >= 4 is 15.7 Å². The molecule has 0 spiro atoms. The van der Waals surface area contributed by atoms with Crippen molar-refractivity contribution in [2.75, 3.05) is 31.1 Å². The Hall–Kier alpha value is -0.620. The van der Waals surface area contributed by atoms with E-state index in [1.165, 1.54) is 0 Å². The summed E-state index contributed by atoms with van der Waals surface area (Å²) >= 11 is 0. The number of hydrogen-bond acceptors (Lipinski definition) is 4. The first-order valence-corrected chi connectivity index (χ1v) is 7.55. The van der Waals surface area contributed by atoms with E-state index in [0.717, 1.165) is 12.8 Å². The Balaban J connectivity index is 2.36. The highest BCUT2D eigenvalue weighted by atomic mass is 32.2. The maximum atomic E-state index is 11.6. The van der Waals surface area contributed by atoms with Gasteiger partial charge in [0.1, 0.15) is 5.75 Å². The van der Waals surface area contributed by atoms with Gasteiger partial charge in [-0.1, -0.05) is 0 Å². The topological polar surface area (TPSA) is 80.5 Å². The molecule has 1 aliphatic rings. The first-order chi connectivity index (χ1) is 7.55. The van der Waals surface area contributed by atoms with Gasteiger partial charge in [-0.2, -0.15) is 0 Å². The average molecular weight is 248 g/mol. The Labute approximate surface area is 96.9 Å². The Morgan fingerprint density at radius 3 is 2.38 bits per heavy atom. The van der Waals surface area contributed by atoms with E-state index in [2.05, 4.69) is 0 Å². The summed E-state index contributed by atoms with van der Waals surface area (Å²) < 4.78 is 23.2. The van der Waals surface area contributed by atoms with Gasteiger partial charge in [0.15, 0.2) is 9.84 Å².